The molecule has 2 aromatic carbocycles. The van der Waals surface area contributed by atoms with E-state index in [2.05, 4.69) is 75.9 Å². The Kier molecular flexibility index (Phi) is 7.13. The van der Waals surface area contributed by atoms with E-state index < -0.39 is 10.3 Å². The summed E-state index contributed by atoms with van der Waals surface area (Å²) in [6, 6.07) is 21.0. The Bertz CT molecular complexity index is 915. The molecular weight excluding hydrogens is 404 g/mol. The van der Waals surface area contributed by atoms with E-state index in [1.807, 2.05) is 19.1 Å². The van der Waals surface area contributed by atoms with Gasteiger partial charge < -0.3 is 8.92 Å². The van der Waals surface area contributed by atoms with Crippen LogP contribution in [0.5, 0.6) is 0 Å². The number of benzene rings is 2. The predicted octanol–water partition coefficient (Wildman–Crippen LogP) is 7.24. The summed E-state index contributed by atoms with van der Waals surface area (Å²) >= 11 is 0. The summed E-state index contributed by atoms with van der Waals surface area (Å²) in [5, 5.41) is 0. The first kappa shape index (κ1) is 23.4. The number of Topliss-reactive ketones (excluding diaryl/α,β-unsaturated/α-hetero) is 1. The lowest BCUT2D eigenvalue weighted by Crippen LogP contribution is -2.31. The van der Waals surface area contributed by atoms with Crippen LogP contribution in [0.2, 0.25) is 0 Å². The van der Waals surface area contributed by atoms with E-state index in [0.29, 0.717) is 12.0 Å². The lowest BCUT2D eigenvalue weighted by Gasteiger charge is -2.51. The lowest BCUT2D eigenvalue weighted by atomic mass is 10.0. The number of carbonyl (C=O) groups excluding carboxylic acids is 1. The van der Waals surface area contributed by atoms with E-state index in [4.69, 9.17) is 8.92 Å². The number of methoxy groups -OCH3 is 1. The van der Waals surface area contributed by atoms with Crippen molar-refractivity contribution in [2.45, 2.75) is 67.6 Å². The van der Waals surface area contributed by atoms with Gasteiger partial charge >= 0.3 is 0 Å². The molecule has 1 fully saturated rings. The van der Waals surface area contributed by atoms with Crippen LogP contribution in [-0.2, 0) is 13.7 Å². The third-order valence-corrected chi connectivity index (χ3v) is 10.0. The molecule has 0 spiro atoms. The maximum Gasteiger partial charge on any atom is 0.165 e. The Balaban J connectivity index is 2.10. The summed E-state index contributed by atoms with van der Waals surface area (Å²) in [7, 11) is -0.262. The molecule has 3 rings (SSSR count). The molecule has 0 aliphatic heterocycles. The maximum absolute atomic E-state index is 13.0. The molecule has 0 saturated heterocycles. The van der Waals surface area contributed by atoms with Crippen LogP contribution in [0.25, 0.3) is 0 Å². The Morgan fingerprint density at radius 1 is 1.00 bits per heavy atom. The molecule has 0 radical (unpaired) electrons. The summed E-state index contributed by atoms with van der Waals surface area (Å²) in [6.45, 7) is 12.7. The van der Waals surface area contributed by atoms with Crippen LogP contribution in [0.1, 0.15) is 47.0 Å². The minimum Gasteiger partial charge on any atom is -0.501 e. The van der Waals surface area contributed by atoms with Gasteiger partial charge in [-0.25, -0.2) is 0 Å². The SMILES string of the molecule is C=C1C(=O)CC(OS(c2ccccc2)(c2ccccc2)C(C)(C)C)CC/C1=C(/C)OC. The highest BCUT2D eigenvalue weighted by atomic mass is 32.3. The Morgan fingerprint density at radius 2 is 1.52 bits per heavy atom. The van der Waals surface area contributed by atoms with Crippen molar-refractivity contribution in [3.8, 4) is 0 Å². The van der Waals surface area contributed by atoms with Crippen molar-refractivity contribution in [1.29, 1.82) is 0 Å². The zero-order valence-electron chi connectivity index (χ0n) is 19.3. The molecule has 1 saturated carbocycles. The van der Waals surface area contributed by atoms with Crippen molar-refractivity contribution in [3.63, 3.8) is 0 Å². The third-order valence-electron chi connectivity index (χ3n) is 5.85. The fourth-order valence-electron chi connectivity index (χ4n) is 4.18. The molecule has 0 N–H and O–H groups in total. The summed E-state index contributed by atoms with van der Waals surface area (Å²) in [6.07, 6.45) is 1.62. The van der Waals surface area contributed by atoms with Gasteiger partial charge in [0, 0.05) is 26.5 Å². The molecule has 1 aliphatic carbocycles. The van der Waals surface area contributed by atoms with Gasteiger partial charge in [-0.05, 0) is 70.4 Å². The molecular formula is C27H34O3S. The average Bonchev–Trinajstić information content (AvgIpc) is 2.90. The van der Waals surface area contributed by atoms with Gasteiger partial charge in [0.15, 0.2) is 5.78 Å². The van der Waals surface area contributed by atoms with Crippen molar-refractivity contribution in [3.05, 3.63) is 84.1 Å². The third kappa shape index (κ3) is 4.65. The zero-order chi connectivity index (χ0) is 22.6. The number of allylic oxidation sites excluding steroid dienone is 3. The number of ketones is 1. The highest BCUT2D eigenvalue weighted by Gasteiger charge is 2.44. The molecule has 166 valence electrons. The molecule has 4 heteroatoms. The Morgan fingerprint density at radius 3 is 1.97 bits per heavy atom. The monoisotopic (exact) mass is 438 g/mol. The van der Waals surface area contributed by atoms with Gasteiger partial charge in [0.25, 0.3) is 0 Å². The normalized spacial score (nSPS) is 20.2. The molecule has 31 heavy (non-hydrogen) atoms. The van der Waals surface area contributed by atoms with Gasteiger partial charge in [-0.2, -0.15) is 0 Å². The summed E-state index contributed by atoms with van der Waals surface area (Å²) < 4.78 is 12.4. The smallest absolute Gasteiger partial charge is 0.165 e. The molecule has 0 amide bonds. The standard InChI is InChI=1S/C27H34O3S/c1-20-25(21(2)29-6)18-17-22(19-26(20)28)30-31(27(3,4)5,23-13-9-7-10-14-23)24-15-11-8-12-16-24/h7-16,22H,1,17-19H2,2-6H3/b25-21+. The van der Waals surface area contributed by atoms with E-state index >= 15 is 0 Å². The largest absolute Gasteiger partial charge is 0.501 e. The van der Waals surface area contributed by atoms with Crippen LogP contribution in [0, 0.1) is 0 Å². The first-order valence-corrected chi connectivity index (χ1v) is 12.3. The maximum atomic E-state index is 13.0. The van der Waals surface area contributed by atoms with E-state index in [0.717, 1.165) is 24.2 Å². The molecule has 0 bridgehead atoms. The minimum absolute atomic E-state index is 0.0391. The first-order chi connectivity index (χ1) is 14.7. The van der Waals surface area contributed by atoms with Crippen LogP contribution in [0.15, 0.2) is 93.9 Å². The van der Waals surface area contributed by atoms with Gasteiger partial charge in [0.05, 0.1) is 19.0 Å². The van der Waals surface area contributed by atoms with Gasteiger partial charge in [-0.15, -0.1) is 0 Å². The quantitative estimate of drug-likeness (QED) is 0.280. The predicted molar refractivity (Wildman–Crippen MR) is 129 cm³/mol. The van der Waals surface area contributed by atoms with E-state index in [1.54, 1.807) is 7.11 Å². The van der Waals surface area contributed by atoms with Crippen LogP contribution >= 0.6 is 10.3 Å². The second-order valence-electron chi connectivity index (χ2n) is 8.90. The fraction of sp³-hybridized carbons (Fsp3) is 0.370. The van der Waals surface area contributed by atoms with E-state index in [1.165, 1.54) is 9.79 Å². The molecule has 2 aromatic rings. The van der Waals surface area contributed by atoms with Gasteiger partial charge in [0.2, 0.25) is 0 Å². The fourth-order valence-corrected chi connectivity index (χ4v) is 8.03. The number of hydrogen-bond donors (Lipinski definition) is 0. The molecule has 1 atom stereocenters. The van der Waals surface area contributed by atoms with Gasteiger partial charge in [0.1, 0.15) is 0 Å². The Labute approximate surface area is 188 Å². The number of carbonyl (C=O) groups is 1. The number of ether oxygens (including phenoxy) is 1. The van der Waals surface area contributed by atoms with Crippen LogP contribution in [-0.4, -0.2) is 23.7 Å². The van der Waals surface area contributed by atoms with Crippen molar-refractivity contribution >= 4 is 16.1 Å². The summed E-state index contributed by atoms with van der Waals surface area (Å²) in [5.74, 6) is 0.803. The molecule has 1 unspecified atom stereocenters. The number of hydrogen-bond acceptors (Lipinski definition) is 3. The van der Waals surface area contributed by atoms with E-state index in [9.17, 15) is 4.79 Å². The van der Waals surface area contributed by atoms with Crippen molar-refractivity contribution < 1.29 is 13.7 Å². The van der Waals surface area contributed by atoms with Gasteiger partial charge in [-0.1, -0.05) is 53.3 Å². The van der Waals surface area contributed by atoms with Crippen LogP contribution in [0.3, 0.4) is 0 Å². The highest BCUT2D eigenvalue weighted by Crippen LogP contribution is 2.72. The van der Waals surface area contributed by atoms with Crippen molar-refractivity contribution in [2.24, 2.45) is 0 Å². The minimum atomic E-state index is -1.90. The lowest BCUT2D eigenvalue weighted by molar-refractivity contribution is -0.116. The second kappa shape index (κ2) is 9.46. The zero-order valence-corrected chi connectivity index (χ0v) is 20.1. The van der Waals surface area contributed by atoms with Crippen molar-refractivity contribution in [1.82, 2.24) is 0 Å². The second-order valence-corrected chi connectivity index (χ2v) is 12.4. The number of rotatable bonds is 5. The van der Waals surface area contributed by atoms with E-state index in [-0.39, 0.29) is 16.6 Å². The molecule has 3 nitrogen and oxygen atoms in total. The van der Waals surface area contributed by atoms with Crippen LogP contribution in [0.4, 0.5) is 0 Å². The summed E-state index contributed by atoms with van der Waals surface area (Å²) in [4.78, 5) is 15.4. The van der Waals surface area contributed by atoms with Gasteiger partial charge in [-0.3, -0.25) is 4.79 Å². The topological polar surface area (TPSA) is 35.5 Å². The molecule has 0 aromatic heterocycles. The van der Waals surface area contributed by atoms with Crippen LogP contribution < -0.4 is 0 Å². The average molecular weight is 439 g/mol. The molecule has 1 aliphatic rings. The van der Waals surface area contributed by atoms with Crippen molar-refractivity contribution in [2.75, 3.05) is 7.11 Å². The summed E-state index contributed by atoms with van der Waals surface area (Å²) in [5.41, 5.74) is 1.47. The first-order valence-electron chi connectivity index (χ1n) is 10.8. The highest BCUT2D eigenvalue weighted by molar-refractivity contribution is 8.31. The Hall–Kier alpha value is -2.30. The molecule has 0 heterocycles.